The Bertz CT molecular complexity index is 1080. The minimum atomic E-state index is -0.509. The van der Waals surface area contributed by atoms with E-state index in [0.29, 0.717) is 28.4 Å². The van der Waals surface area contributed by atoms with Crippen LogP contribution in [0.4, 0.5) is 11.4 Å². The molecular formula is C19H15N3O7. The minimum Gasteiger partial charge on any atom is -0.496 e. The van der Waals surface area contributed by atoms with Gasteiger partial charge in [0.2, 0.25) is 0 Å². The van der Waals surface area contributed by atoms with Crippen molar-refractivity contribution in [1.29, 1.82) is 0 Å². The topological polar surface area (TPSA) is 130 Å². The van der Waals surface area contributed by atoms with Crippen molar-refractivity contribution in [2.24, 2.45) is 5.16 Å². The third kappa shape index (κ3) is 4.75. The first-order valence-electron chi connectivity index (χ1n) is 8.29. The average molecular weight is 397 g/mol. The summed E-state index contributed by atoms with van der Waals surface area (Å²) in [5.41, 5.74) is 1.04. The van der Waals surface area contributed by atoms with Gasteiger partial charge in [-0.1, -0.05) is 17.3 Å². The van der Waals surface area contributed by atoms with Gasteiger partial charge in [-0.15, -0.1) is 0 Å². The lowest BCUT2D eigenvalue weighted by molar-refractivity contribution is -0.385. The first-order valence-corrected chi connectivity index (χ1v) is 8.29. The number of benzene rings is 2. The van der Waals surface area contributed by atoms with E-state index in [1.807, 2.05) is 0 Å². The quantitative estimate of drug-likeness (QED) is 0.314. The molecule has 3 rings (SSSR count). The highest BCUT2D eigenvalue weighted by Gasteiger charge is 2.15. The number of rotatable bonds is 8. The van der Waals surface area contributed by atoms with Crippen molar-refractivity contribution in [2.45, 2.75) is 6.61 Å². The highest BCUT2D eigenvalue weighted by atomic mass is 16.6. The maximum absolute atomic E-state index is 10.9. The molecule has 0 unspecified atom stereocenters. The third-order valence-corrected chi connectivity index (χ3v) is 3.90. The molecular weight excluding hydrogens is 382 g/mol. The number of nitrogens with zero attached hydrogens (tertiary/aromatic N) is 3. The Balaban J connectivity index is 1.67. The van der Waals surface area contributed by atoms with E-state index < -0.39 is 9.85 Å². The van der Waals surface area contributed by atoms with Gasteiger partial charge in [0.15, 0.2) is 0 Å². The molecule has 0 saturated carbocycles. The van der Waals surface area contributed by atoms with E-state index in [2.05, 4.69) is 5.16 Å². The van der Waals surface area contributed by atoms with Crippen LogP contribution in [0.2, 0.25) is 0 Å². The number of methoxy groups -OCH3 is 1. The number of furan rings is 1. The van der Waals surface area contributed by atoms with Gasteiger partial charge in [0, 0.05) is 18.2 Å². The first-order chi connectivity index (χ1) is 14.0. The van der Waals surface area contributed by atoms with Crippen molar-refractivity contribution < 1.29 is 23.8 Å². The van der Waals surface area contributed by atoms with Crippen LogP contribution in [-0.2, 0) is 11.4 Å². The zero-order chi connectivity index (χ0) is 20.8. The summed E-state index contributed by atoms with van der Waals surface area (Å²) < 4.78 is 10.9. The molecule has 0 aliphatic rings. The van der Waals surface area contributed by atoms with Gasteiger partial charge in [0.05, 0.1) is 28.6 Å². The molecule has 3 aromatic rings. The van der Waals surface area contributed by atoms with Crippen LogP contribution in [0, 0.1) is 20.2 Å². The second kappa shape index (κ2) is 8.65. The molecule has 0 bridgehead atoms. The predicted molar refractivity (Wildman–Crippen MR) is 103 cm³/mol. The molecule has 0 fully saturated rings. The number of oxime groups is 1. The fraction of sp³-hybridized carbons (Fsp3) is 0.105. The Hall–Kier alpha value is -4.21. The summed E-state index contributed by atoms with van der Waals surface area (Å²) in [5, 5.41) is 25.4. The van der Waals surface area contributed by atoms with Crippen molar-refractivity contribution in [3.8, 4) is 17.1 Å². The van der Waals surface area contributed by atoms with Crippen LogP contribution in [0.3, 0.4) is 0 Å². The van der Waals surface area contributed by atoms with Crippen molar-refractivity contribution >= 4 is 17.6 Å². The lowest BCUT2D eigenvalue weighted by Crippen LogP contribution is -1.92. The summed E-state index contributed by atoms with van der Waals surface area (Å²) >= 11 is 0. The molecule has 0 N–H and O–H groups in total. The Labute approximate surface area is 164 Å². The molecule has 0 radical (unpaired) electrons. The largest absolute Gasteiger partial charge is 0.496 e. The highest BCUT2D eigenvalue weighted by Crippen LogP contribution is 2.34. The molecule has 0 amide bonds. The normalized spacial score (nSPS) is 10.8. The Morgan fingerprint density at radius 3 is 2.52 bits per heavy atom. The lowest BCUT2D eigenvalue weighted by Gasteiger charge is -2.05. The summed E-state index contributed by atoms with van der Waals surface area (Å²) in [6.45, 7) is 0.0575. The van der Waals surface area contributed by atoms with Gasteiger partial charge < -0.3 is 14.0 Å². The van der Waals surface area contributed by atoms with Crippen LogP contribution in [-0.4, -0.2) is 23.2 Å². The summed E-state index contributed by atoms with van der Waals surface area (Å²) in [6, 6.07) is 13.6. The van der Waals surface area contributed by atoms with Gasteiger partial charge in [-0.3, -0.25) is 20.2 Å². The van der Waals surface area contributed by atoms with Gasteiger partial charge in [-0.05, 0) is 23.8 Å². The van der Waals surface area contributed by atoms with Crippen molar-refractivity contribution in [3.63, 3.8) is 0 Å². The fourth-order valence-electron chi connectivity index (χ4n) is 2.52. The van der Waals surface area contributed by atoms with Gasteiger partial charge in [0.1, 0.15) is 30.1 Å². The van der Waals surface area contributed by atoms with Crippen LogP contribution in [0.25, 0.3) is 11.3 Å². The van der Waals surface area contributed by atoms with Gasteiger partial charge >= 0.3 is 0 Å². The number of hydrogen-bond donors (Lipinski definition) is 0. The Morgan fingerprint density at radius 2 is 1.79 bits per heavy atom. The summed E-state index contributed by atoms with van der Waals surface area (Å²) in [5.74, 6) is 1.13. The number of hydrogen-bond acceptors (Lipinski definition) is 8. The van der Waals surface area contributed by atoms with Crippen LogP contribution >= 0.6 is 0 Å². The minimum absolute atomic E-state index is 0.0252. The van der Waals surface area contributed by atoms with Crippen LogP contribution < -0.4 is 4.74 Å². The highest BCUT2D eigenvalue weighted by molar-refractivity contribution is 5.78. The molecule has 2 aromatic carbocycles. The lowest BCUT2D eigenvalue weighted by atomic mass is 10.1. The van der Waals surface area contributed by atoms with Gasteiger partial charge in [0.25, 0.3) is 11.4 Å². The number of non-ortho nitro benzene ring substituents is 2. The first kappa shape index (κ1) is 19.5. The summed E-state index contributed by atoms with van der Waals surface area (Å²) in [4.78, 5) is 25.8. The van der Waals surface area contributed by atoms with Crippen molar-refractivity contribution in [2.75, 3.05) is 7.11 Å². The number of ether oxygens (including phenoxy) is 1. The SMILES string of the molecule is COc1cc([N+](=O)[O-])ccc1-c1ccc(/C=N\OCc2cccc([N+](=O)[O-])c2)o1. The molecule has 10 nitrogen and oxygen atoms in total. The molecule has 10 heteroatoms. The maximum Gasteiger partial charge on any atom is 0.273 e. The third-order valence-electron chi connectivity index (χ3n) is 3.90. The monoisotopic (exact) mass is 397 g/mol. The van der Waals surface area contributed by atoms with E-state index in [0.717, 1.165) is 0 Å². The van der Waals surface area contributed by atoms with Crippen LogP contribution in [0.1, 0.15) is 11.3 Å². The molecule has 0 spiro atoms. The van der Waals surface area contributed by atoms with E-state index in [1.54, 1.807) is 24.3 Å². The zero-order valence-corrected chi connectivity index (χ0v) is 15.2. The molecule has 0 aliphatic heterocycles. The van der Waals surface area contributed by atoms with Gasteiger partial charge in [-0.25, -0.2) is 0 Å². The second-order valence-corrected chi connectivity index (χ2v) is 5.78. The zero-order valence-electron chi connectivity index (χ0n) is 15.2. The molecule has 29 heavy (non-hydrogen) atoms. The maximum atomic E-state index is 10.9. The van der Waals surface area contributed by atoms with E-state index >= 15 is 0 Å². The van der Waals surface area contributed by atoms with Crippen molar-refractivity contribution in [1.82, 2.24) is 0 Å². The molecule has 0 atom stereocenters. The van der Waals surface area contributed by atoms with Crippen LogP contribution in [0.15, 0.2) is 64.2 Å². The molecule has 0 aliphatic carbocycles. The van der Waals surface area contributed by atoms with Crippen molar-refractivity contribution in [3.05, 3.63) is 86.1 Å². The van der Waals surface area contributed by atoms with E-state index in [4.69, 9.17) is 14.0 Å². The number of nitro benzene ring substituents is 2. The van der Waals surface area contributed by atoms with Crippen LogP contribution in [0.5, 0.6) is 5.75 Å². The molecule has 0 saturated heterocycles. The molecule has 1 heterocycles. The second-order valence-electron chi connectivity index (χ2n) is 5.78. The molecule has 1 aromatic heterocycles. The Kier molecular flexibility index (Phi) is 5.83. The van der Waals surface area contributed by atoms with E-state index in [1.165, 1.54) is 43.7 Å². The van der Waals surface area contributed by atoms with E-state index in [-0.39, 0.29) is 18.0 Å². The molecule has 148 valence electrons. The number of nitro groups is 2. The Morgan fingerprint density at radius 1 is 1.03 bits per heavy atom. The summed E-state index contributed by atoms with van der Waals surface area (Å²) in [7, 11) is 1.41. The predicted octanol–water partition coefficient (Wildman–Crippen LogP) is 4.32. The fourth-order valence-corrected chi connectivity index (χ4v) is 2.52. The van der Waals surface area contributed by atoms with Gasteiger partial charge in [-0.2, -0.15) is 0 Å². The van der Waals surface area contributed by atoms with E-state index in [9.17, 15) is 20.2 Å². The summed E-state index contributed by atoms with van der Waals surface area (Å²) in [6.07, 6.45) is 1.35. The smallest absolute Gasteiger partial charge is 0.273 e. The average Bonchev–Trinajstić information content (AvgIpc) is 3.19. The standard InChI is InChI=1S/C19H15N3O7/c1-27-19-10-15(22(25)26)5-7-17(19)18-8-6-16(29-18)11-20-28-12-13-3-2-4-14(9-13)21(23)24/h2-11H,12H2,1H3/b20-11-.